The molecule has 4 rings (SSSR count). The first-order valence-corrected chi connectivity index (χ1v) is 9.90. The molecule has 1 unspecified atom stereocenters. The van der Waals surface area contributed by atoms with Gasteiger partial charge in [0.25, 0.3) is 11.7 Å². The second-order valence-corrected chi connectivity index (χ2v) is 7.90. The summed E-state index contributed by atoms with van der Waals surface area (Å²) < 4.78 is 22.7. The van der Waals surface area contributed by atoms with E-state index in [9.17, 15) is 14.7 Å². The van der Waals surface area contributed by atoms with Crippen molar-refractivity contribution in [3.8, 4) is 0 Å². The zero-order chi connectivity index (χ0) is 19.1. The summed E-state index contributed by atoms with van der Waals surface area (Å²) in [6.45, 7) is 1.77. The summed E-state index contributed by atoms with van der Waals surface area (Å²) in [5, 5.41) is 10.4. The van der Waals surface area contributed by atoms with Crippen molar-refractivity contribution >= 4 is 11.9 Å². The van der Waals surface area contributed by atoms with Crippen LogP contribution in [0.5, 0.6) is 0 Å². The van der Waals surface area contributed by atoms with Crippen molar-refractivity contribution < 1.29 is 33.6 Å². The Morgan fingerprint density at radius 1 is 0.852 bits per heavy atom. The van der Waals surface area contributed by atoms with Crippen molar-refractivity contribution in [3.63, 3.8) is 0 Å². The Kier molecular flexibility index (Phi) is 4.66. The van der Waals surface area contributed by atoms with Gasteiger partial charge in [-0.1, -0.05) is 12.8 Å². The highest BCUT2D eigenvalue weighted by Crippen LogP contribution is 2.41. The van der Waals surface area contributed by atoms with E-state index in [4.69, 9.17) is 18.9 Å². The third-order valence-corrected chi connectivity index (χ3v) is 5.89. The standard InChI is InChI=1S/C20H26O7/c1-13-14(16(21)25-19(24-13)8-4-2-5-9-19)12-15-17(22)26-20(27-18(15)23)10-6-3-7-11-20/h12-13,21H,2-11H2,1H3. The Morgan fingerprint density at radius 2 is 1.37 bits per heavy atom. The molecule has 0 radical (unpaired) electrons. The molecule has 7 heteroatoms. The van der Waals surface area contributed by atoms with Gasteiger partial charge < -0.3 is 24.1 Å². The fraction of sp³-hybridized carbons (Fsp3) is 0.700. The van der Waals surface area contributed by atoms with E-state index in [1.165, 1.54) is 6.08 Å². The highest BCUT2D eigenvalue weighted by Gasteiger charge is 2.48. The number of carbonyl (C=O) groups is 2. The van der Waals surface area contributed by atoms with Crippen LogP contribution in [-0.4, -0.2) is 34.7 Å². The van der Waals surface area contributed by atoms with Crippen molar-refractivity contribution in [3.05, 3.63) is 23.2 Å². The van der Waals surface area contributed by atoms with Crippen LogP contribution in [0.15, 0.2) is 23.2 Å². The number of aliphatic hydroxyl groups excluding tert-OH is 1. The molecule has 1 atom stereocenters. The Labute approximate surface area is 158 Å². The van der Waals surface area contributed by atoms with E-state index in [-0.39, 0.29) is 17.1 Å². The van der Waals surface area contributed by atoms with Gasteiger partial charge in [-0.3, -0.25) is 0 Å². The molecular formula is C20H26O7. The summed E-state index contributed by atoms with van der Waals surface area (Å²) in [6.07, 6.45) is 9.01. The lowest BCUT2D eigenvalue weighted by atomic mass is 9.92. The topological polar surface area (TPSA) is 91.3 Å². The Morgan fingerprint density at radius 3 is 1.89 bits per heavy atom. The van der Waals surface area contributed by atoms with Crippen LogP contribution in [0.1, 0.15) is 71.1 Å². The highest BCUT2D eigenvalue weighted by molar-refractivity contribution is 6.15. The second kappa shape index (κ2) is 6.86. The maximum atomic E-state index is 12.5. The van der Waals surface area contributed by atoms with E-state index in [2.05, 4.69) is 0 Å². The number of carbonyl (C=O) groups excluding carboxylic acids is 2. The molecule has 7 nitrogen and oxygen atoms in total. The minimum Gasteiger partial charge on any atom is -0.481 e. The molecule has 4 aliphatic rings. The molecule has 2 aliphatic carbocycles. The summed E-state index contributed by atoms with van der Waals surface area (Å²) in [6, 6.07) is 0. The van der Waals surface area contributed by atoms with Crippen molar-refractivity contribution in [1.82, 2.24) is 0 Å². The molecule has 3 fully saturated rings. The minimum atomic E-state index is -1.13. The number of hydrogen-bond donors (Lipinski definition) is 1. The third-order valence-electron chi connectivity index (χ3n) is 5.89. The van der Waals surface area contributed by atoms with Crippen LogP contribution < -0.4 is 0 Å². The predicted octanol–water partition coefficient (Wildman–Crippen LogP) is 3.54. The van der Waals surface area contributed by atoms with E-state index in [1.807, 2.05) is 0 Å². The van der Waals surface area contributed by atoms with Gasteiger partial charge in [0, 0.05) is 25.7 Å². The average molecular weight is 378 g/mol. The minimum absolute atomic E-state index is 0.244. The Hall–Kier alpha value is -2.02. The molecule has 1 saturated heterocycles. The maximum Gasteiger partial charge on any atom is 0.348 e. The van der Waals surface area contributed by atoms with Crippen LogP contribution in [0, 0.1) is 0 Å². The number of esters is 2. The SMILES string of the molecule is CC1OC2(CCCCC2)OC(O)=C1C=C1C(=O)OC2(CCCCC2)OC1=O. The molecule has 2 heterocycles. The number of ether oxygens (including phenoxy) is 4. The monoisotopic (exact) mass is 378 g/mol. The van der Waals surface area contributed by atoms with E-state index < -0.39 is 29.6 Å². The summed E-state index contributed by atoms with van der Waals surface area (Å²) in [5.41, 5.74) is 0.00100. The third kappa shape index (κ3) is 3.45. The van der Waals surface area contributed by atoms with Gasteiger partial charge in [-0.2, -0.15) is 0 Å². The summed E-state index contributed by atoms with van der Waals surface area (Å²) >= 11 is 0. The van der Waals surface area contributed by atoms with Gasteiger partial charge in [-0.15, -0.1) is 0 Å². The van der Waals surface area contributed by atoms with E-state index in [0.717, 1.165) is 38.5 Å². The molecular weight excluding hydrogens is 352 g/mol. The first-order chi connectivity index (χ1) is 12.9. The summed E-state index contributed by atoms with van der Waals surface area (Å²) in [4.78, 5) is 25.0. The molecule has 148 valence electrons. The molecule has 2 spiro atoms. The van der Waals surface area contributed by atoms with Gasteiger partial charge in [-0.25, -0.2) is 9.59 Å². The molecule has 2 aliphatic heterocycles. The summed E-state index contributed by atoms with van der Waals surface area (Å²) in [7, 11) is 0. The lowest BCUT2D eigenvalue weighted by Gasteiger charge is -2.42. The molecule has 0 aromatic rings. The molecule has 0 bridgehead atoms. The zero-order valence-electron chi connectivity index (χ0n) is 15.6. The maximum absolute atomic E-state index is 12.5. The smallest absolute Gasteiger partial charge is 0.348 e. The van der Waals surface area contributed by atoms with Crippen molar-refractivity contribution in [2.75, 3.05) is 0 Å². The van der Waals surface area contributed by atoms with Crippen LogP contribution in [0.2, 0.25) is 0 Å². The molecule has 0 amide bonds. The van der Waals surface area contributed by atoms with Crippen molar-refractivity contribution in [2.24, 2.45) is 0 Å². The fourth-order valence-corrected chi connectivity index (χ4v) is 4.43. The number of hydrogen-bond acceptors (Lipinski definition) is 7. The van der Waals surface area contributed by atoms with Crippen LogP contribution in [-0.2, 0) is 28.5 Å². The van der Waals surface area contributed by atoms with Gasteiger partial charge in [0.15, 0.2) is 0 Å². The quantitative estimate of drug-likeness (QED) is 0.424. The van der Waals surface area contributed by atoms with E-state index >= 15 is 0 Å². The fourth-order valence-electron chi connectivity index (χ4n) is 4.43. The summed E-state index contributed by atoms with van der Waals surface area (Å²) in [5.74, 6) is -3.69. The largest absolute Gasteiger partial charge is 0.481 e. The lowest BCUT2D eigenvalue weighted by Crippen LogP contribution is -2.48. The second-order valence-electron chi connectivity index (χ2n) is 7.90. The first-order valence-electron chi connectivity index (χ1n) is 9.90. The number of aliphatic hydroxyl groups is 1. The van der Waals surface area contributed by atoms with Crippen molar-refractivity contribution in [1.29, 1.82) is 0 Å². The molecule has 27 heavy (non-hydrogen) atoms. The van der Waals surface area contributed by atoms with Crippen LogP contribution >= 0.6 is 0 Å². The van der Waals surface area contributed by atoms with Crippen LogP contribution in [0.3, 0.4) is 0 Å². The van der Waals surface area contributed by atoms with Gasteiger partial charge in [0.05, 0.1) is 11.7 Å². The molecule has 2 saturated carbocycles. The van der Waals surface area contributed by atoms with Crippen LogP contribution in [0.25, 0.3) is 0 Å². The van der Waals surface area contributed by atoms with E-state index in [0.29, 0.717) is 25.7 Å². The van der Waals surface area contributed by atoms with Crippen molar-refractivity contribution in [2.45, 2.75) is 88.8 Å². The number of rotatable bonds is 1. The average Bonchev–Trinajstić information content (AvgIpc) is 2.61. The van der Waals surface area contributed by atoms with Crippen LogP contribution in [0.4, 0.5) is 0 Å². The Bertz CT molecular complexity index is 671. The normalized spacial score (nSPS) is 30.0. The molecule has 0 aromatic heterocycles. The van der Waals surface area contributed by atoms with Gasteiger partial charge in [-0.05, 0) is 38.7 Å². The van der Waals surface area contributed by atoms with Gasteiger partial charge in [0.2, 0.25) is 5.79 Å². The first kappa shape index (κ1) is 18.3. The Balaban J connectivity index is 1.56. The predicted molar refractivity (Wildman–Crippen MR) is 93.2 cm³/mol. The molecule has 1 N–H and O–H groups in total. The van der Waals surface area contributed by atoms with Gasteiger partial charge in [0.1, 0.15) is 5.57 Å². The molecule has 0 aromatic carbocycles. The zero-order valence-corrected chi connectivity index (χ0v) is 15.6. The highest BCUT2D eigenvalue weighted by atomic mass is 16.8. The van der Waals surface area contributed by atoms with Gasteiger partial charge >= 0.3 is 11.9 Å². The van der Waals surface area contributed by atoms with E-state index in [1.54, 1.807) is 6.92 Å². The lowest BCUT2D eigenvalue weighted by molar-refractivity contribution is -0.277.